The van der Waals surface area contributed by atoms with Crippen molar-refractivity contribution >= 4 is 22.5 Å². The van der Waals surface area contributed by atoms with E-state index in [1.807, 2.05) is 19.0 Å². The normalized spacial score (nSPS) is 28.4. The van der Waals surface area contributed by atoms with Crippen molar-refractivity contribution in [3.63, 3.8) is 0 Å². The zero-order chi connectivity index (χ0) is 16.0. The van der Waals surface area contributed by atoms with Crippen molar-refractivity contribution in [2.75, 3.05) is 31.3 Å². The van der Waals surface area contributed by atoms with E-state index >= 15 is 0 Å². The highest BCUT2D eigenvalue weighted by atomic mass is 16.6. The molecular weight excluding hydrogens is 292 g/mol. The average molecular weight is 310 g/mol. The molecule has 1 saturated heterocycles. The Morgan fingerprint density at radius 1 is 1.36 bits per heavy atom. The summed E-state index contributed by atoms with van der Waals surface area (Å²) in [6.07, 6.45) is -2.82. The SMILES string of the molecule is CN(C)c1cnnc2c1c(N)nn2[C@@H]1O[C@H](CO)[C@@H](O)[C@H]1O. The van der Waals surface area contributed by atoms with E-state index in [9.17, 15) is 10.2 Å². The minimum absolute atomic E-state index is 0.214. The van der Waals surface area contributed by atoms with Crippen molar-refractivity contribution in [3.05, 3.63) is 6.20 Å². The molecule has 4 atom stereocenters. The molecule has 0 aliphatic carbocycles. The molecule has 3 rings (SSSR count). The molecule has 0 saturated carbocycles. The molecule has 3 heterocycles. The number of nitrogens with two attached hydrogens (primary N) is 1. The van der Waals surface area contributed by atoms with Gasteiger partial charge in [-0.2, -0.15) is 10.2 Å². The minimum atomic E-state index is -1.26. The van der Waals surface area contributed by atoms with Gasteiger partial charge in [-0.1, -0.05) is 0 Å². The van der Waals surface area contributed by atoms with Crippen LogP contribution in [0.5, 0.6) is 0 Å². The van der Waals surface area contributed by atoms with Crippen LogP contribution in [0, 0.1) is 0 Å². The molecule has 0 amide bonds. The Labute approximate surface area is 125 Å². The van der Waals surface area contributed by atoms with Crippen molar-refractivity contribution in [2.24, 2.45) is 0 Å². The summed E-state index contributed by atoms with van der Waals surface area (Å²) in [7, 11) is 3.67. The number of aliphatic hydroxyl groups excluding tert-OH is 3. The number of anilines is 2. The van der Waals surface area contributed by atoms with Gasteiger partial charge in [0.15, 0.2) is 17.7 Å². The quantitative estimate of drug-likeness (QED) is 0.510. The van der Waals surface area contributed by atoms with Crippen LogP contribution in [-0.4, -0.2) is 74.3 Å². The van der Waals surface area contributed by atoms with Crippen molar-refractivity contribution in [1.29, 1.82) is 0 Å². The van der Waals surface area contributed by atoms with E-state index < -0.39 is 31.1 Å². The number of nitrogen functional groups attached to an aromatic ring is 1. The predicted octanol–water partition coefficient (Wildman–Crippen LogP) is -1.91. The van der Waals surface area contributed by atoms with Gasteiger partial charge in [0.1, 0.15) is 18.3 Å². The number of hydrogen-bond acceptors (Lipinski definition) is 9. The van der Waals surface area contributed by atoms with Crippen LogP contribution in [0.3, 0.4) is 0 Å². The van der Waals surface area contributed by atoms with Gasteiger partial charge in [0.05, 0.1) is 23.9 Å². The number of rotatable bonds is 3. The summed E-state index contributed by atoms with van der Waals surface area (Å²) >= 11 is 0. The second-order valence-electron chi connectivity index (χ2n) is 5.38. The van der Waals surface area contributed by atoms with Gasteiger partial charge in [-0.3, -0.25) is 0 Å². The van der Waals surface area contributed by atoms with Gasteiger partial charge in [-0.25, -0.2) is 4.68 Å². The smallest absolute Gasteiger partial charge is 0.187 e. The number of fused-ring (bicyclic) bond motifs is 1. The van der Waals surface area contributed by atoms with Crippen molar-refractivity contribution in [3.8, 4) is 0 Å². The van der Waals surface area contributed by atoms with E-state index in [0.717, 1.165) is 5.69 Å². The van der Waals surface area contributed by atoms with E-state index in [2.05, 4.69) is 15.3 Å². The monoisotopic (exact) mass is 310 g/mol. The molecule has 10 heteroatoms. The van der Waals surface area contributed by atoms with Crippen LogP contribution in [0.1, 0.15) is 6.23 Å². The van der Waals surface area contributed by atoms with E-state index in [4.69, 9.17) is 15.6 Å². The highest BCUT2D eigenvalue weighted by Crippen LogP contribution is 2.34. The lowest BCUT2D eigenvalue weighted by molar-refractivity contribution is -0.0565. The molecule has 1 aliphatic heterocycles. The first-order valence-corrected chi connectivity index (χ1v) is 6.74. The van der Waals surface area contributed by atoms with Crippen LogP contribution in [0.15, 0.2) is 6.20 Å². The number of hydrogen-bond donors (Lipinski definition) is 4. The minimum Gasteiger partial charge on any atom is -0.394 e. The molecule has 0 aromatic carbocycles. The van der Waals surface area contributed by atoms with Crippen LogP contribution in [0.2, 0.25) is 0 Å². The largest absolute Gasteiger partial charge is 0.394 e. The molecule has 2 aromatic heterocycles. The van der Waals surface area contributed by atoms with Crippen molar-refractivity contribution < 1.29 is 20.1 Å². The van der Waals surface area contributed by atoms with Crippen LogP contribution >= 0.6 is 0 Å². The van der Waals surface area contributed by atoms with E-state index in [1.54, 1.807) is 6.20 Å². The third-order valence-electron chi connectivity index (χ3n) is 3.74. The molecule has 120 valence electrons. The fourth-order valence-electron chi connectivity index (χ4n) is 2.59. The Kier molecular flexibility index (Phi) is 3.60. The molecule has 1 aliphatic rings. The maximum atomic E-state index is 10.1. The molecule has 1 fully saturated rings. The van der Waals surface area contributed by atoms with Crippen LogP contribution < -0.4 is 10.6 Å². The van der Waals surface area contributed by atoms with E-state index in [0.29, 0.717) is 11.0 Å². The predicted molar refractivity (Wildman–Crippen MR) is 77.1 cm³/mol. The Morgan fingerprint density at radius 3 is 2.68 bits per heavy atom. The summed E-state index contributed by atoms with van der Waals surface area (Å²) in [5, 5.41) is 41.8. The topological polar surface area (TPSA) is 143 Å². The van der Waals surface area contributed by atoms with E-state index in [1.165, 1.54) is 4.68 Å². The summed E-state index contributed by atoms with van der Waals surface area (Å²) in [4.78, 5) is 1.82. The summed E-state index contributed by atoms with van der Waals surface area (Å²) in [6, 6.07) is 0. The maximum Gasteiger partial charge on any atom is 0.187 e. The first-order chi connectivity index (χ1) is 10.5. The lowest BCUT2D eigenvalue weighted by Crippen LogP contribution is -2.33. The Bertz CT molecular complexity index is 690. The third-order valence-corrected chi connectivity index (χ3v) is 3.74. The van der Waals surface area contributed by atoms with Gasteiger partial charge < -0.3 is 30.7 Å². The standard InChI is InChI=1S/C12H18N6O4/c1-17(2)5-3-14-15-11-7(5)10(13)16-18(11)12-9(21)8(20)6(4-19)22-12/h3,6,8-9,12,19-21H,4H2,1-2H3,(H2,13,16)/t6-,8-,9-,12-/m1/s1. The first kappa shape index (κ1) is 14.9. The molecule has 0 unspecified atom stereocenters. The van der Waals surface area contributed by atoms with Crippen molar-refractivity contribution in [1.82, 2.24) is 20.0 Å². The molecule has 0 spiro atoms. The summed E-state index contributed by atoms with van der Waals surface area (Å²) < 4.78 is 6.74. The lowest BCUT2D eigenvalue weighted by atomic mass is 10.1. The molecule has 0 radical (unpaired) electrons. The van der Waals surface area contributed by atoms with Gasteiger partial charge in [-0.05, 0) is 0 Å². The summed E-state index contributed by atoms with van der Waals surface area (Å²) in [5.74, 6) is 0.214. The highest BCUT2D eigenvalue weighted by Gasteiger charge is 2.44. The van der Waals surface area contributed by atoms with Gasteiger partial charge in [0.25, 0.3) is 0 Å². The zero-order valence-electron chi connectivity index (χ0n) is 12.2. The Morgan fingerprint density at radius 2 is 2.09 bits per heavy atom. The molecular formula is C12H18N6O4. The lowest BCUT2D eigenvalue weighted by Gasteiger charge is -2.16. The molecule has 5 N–H and O–H groups in total. The van der Waals surface area contributed by atoms with Gasteiger partial charge in [0.2, 0.25) is 0 Å². The van der Waals surface area contributed by atoms with E-state index in [-0.39, 0.29) is 5.82 Å². The third kappa shape index (κ3) is 2.08. The van der Waals surface area contributed by atoms with Crippen LogP contribution in [0.25, 0.3) is 11.0 Å². The number of aliphatic hydroxyl groups is 3. The van der Waals surface area contributed by atoms with Crippen molar-refractivity contribution in [2.45, 2.75) is 24.5 Å². The average Bonchev–Trinajstić information content (AvgIpc) is 2.98. The Hall–Kier alpha value is -2.01. The summed E-state index contributed by atoms with van der Waals surface area (Å²) in [6.45, 7) is -0.419. The molecule has 22 heavy (non-hydrogen) atoms. The fraction of sp³-hybridized carbons (Fsp3) is 0.583. The number of ether oxygens (including phenoxy) is 1. The van der Waals surface area contributed by atoms with Crippen LogP contribution in [-0.2, 0) is 4.74 Å². The van der Waals surface area contributed by atoms with Gasteiger partial charge in [0, 0.05) is 14.1 Å². The second kappa shape index (κ2) is 5.32. The molecule has 10 nitrogen and oxygen atoms in total. The molecule has 2 aromatic rings. The highest BCUT2D eigenvalue weighted by molar-refractivity contribution is 5.97. The fourth-order valence-corrected chi connectivity index (χ4v) is 2.59. The Balaban J connectivity index is 2.11. The number of aromatic nitrogens is 4. The summed E-state index contributed by atoms with van der Waals surface area (Å²) in [5.41, 5.74) is 7.01. The maximum absolute atomic E-state index is 10.1. The van der Waals surface area contributed by atoms with Gasteiger partial charge >= 0.3 is 0 Å². The molecule has 0 bridgehead atoms. The van der Waals surface area contributed by atoms with Crippen LogP contribution in [0.4, 0.5) is 11.5 Å². The number of nitrogens with zero attached hydrogens (tertiary/aromatic N) is 5. The first-order valence-electron chi connectivity index (χ1n) is 6.74. The van der Waals surface area contributed by atoms with Gasteiger partial charge in [-0.15, -0.1) is 5.10 Å². The second-order valence-corrected chi connectivity index (χ2v) is 5.38. The zero-order valence-corrected chi connectivity index (χ0v) is 12.2.